The molecular weight excluding hydrogens is 302 g/mol. The van der Waals surface area contributed by atoms with Crippen LogP contribution in [0.5, 0.6) is 11.5 Å². The highest BCUT2D eigenvalue weighted by molar-refractivity contribution is 5.73. The average molecular weight is 323 g/mol. The van der Waals surface area contributed by atoms with Gasteiger partial charge in [-0.1, -0.05) is 6.07 Å². The second-order valence-electron chi connectivity index (χ2n) is 6.31. The number of carbonyl (C=O) groups excluding carboxylic acids is 1. The van der Waals surface area contributed by atoms with Crippen molar-refractivity contribution in [2.24, 2.45) is 5.92 Å². The third-order valence-electron chi connectivity index (χ3n) is 3.16. The fraction of sp³-hybridized carbons (Fsp3) is 0.500. The average Bonchev–Trinajstić information content (AvgIpc) is 2.88. The Morgan fingerprint density at radius 2 is 2.00 bits per heavy atom. The van der Waals surface area contributed by atoms with E-state index in [1.54, 1.807) is 39.0 Å². The number of carboxylic acids is 1. The van der Waals surface area contributed by atoms with Crippen LogP contribution in [0.25, 0.3) is 0 Å². The molecular formula is C16H21NO6. The van der Waals surface area contributed by atoms with Crippen molar-refractivity contribution in [1.29, 1.82) is 0 Å². The molecule has 0 spiro atoms. The monoisotopic (exact) mass is 323 g/mol. The number of hydrogen-bond donors (Lipinski definition) is 2. The number of aliphatic carboxylic acids is 1. The fourth-order valence-electron chi connectivity index (χ4n) is 2.12. The second kappa shape index (κ2) is 6.76. The first-order valence-electron chi connectivity index (χ1n) is 7.33. The number of alkyl carbamates (subject to hydrolysis) is 1. The highest BCUT2D eigenvalue weighted by Crippen LogP contribution is 2.33. The van der Waals surface area contributed by atoms with E-state index in [4.69, 9.17) is 14.2 Å². The van der Waals surface area contributed by atoms with Gasteiger partial charge in [0.1, 0.15) is 5.60 Å². The highest BCUT2D eigenvalue weighted by atomic mass is 16.7. The largest absolute Gasteiger partial charge is 0.481 e. The van der Waals surface area contributed by atoms with Gasteiger partial charge in [-0.05, 0) is 44.9 Å². The first kappa shape index (κ1) is 16.9. The molecule has 0 bridgehead atoms. The number of amides is 1. The van der Waals surface area contributed by atoms with Crippen molar-refractivity contribution < 1.29 is 28.9 Å². The molecule has 7 nitrogen and oxygen atoms in total. The lowest BCUT2D eigenvalue weighted by Gasteiger charge is -2.21. The summed E-state index contributed by atoms with van der Waals surface area (Å²) in [4.78, 5) is 23.0. The molecule has 1 unspecified atom stereocenters. The van der Waals surface area contributed by atoms with E-state index in [2.05, 4.69) is 5.32 Å². The van der Waals surface area contributed by atoms with Gasteiger partial charge in [0.25, 0.3) is 0 Å². The summed E-state index contributed by atoms with van der Waals surface area (Å²) in [5, 5.41) is 11.8. The van der Waals surface area contributed by atoms with Crippen molar-refractivity contribution in [3.63, 3.8) is 0 Å². The van der Waals surface area contributed by atoms with Gasteiger partial charge in [0.15, 0.2) is 11.5 Å². The van der Waals surface area contributed by atoms with Gasteiger partial charge < -0.3 is 24.6 Å². The van der Waals surface area contributed by atoms with Crippen LogP contribution in [0.3, 0.4) is 0 Å². The summed E-state index contributed by atoms with van der Waals surface area (Å²) >= 11 is 0. The lowest BCUT2D eigenvalue weighted by atomic mass is 9.99. The van der Waals surface area contributed by atoms with E-state index >= 15 is 0 Å². The smallest absolute Gasteiger partial charge is 0.407 e. The molecule has 0 saturated carbocycles. The predicted octanol–water partition coefficient (Wildman–Crippen LogP) is 2.18. The first-order valence-corrected chi connectivity index (χ1v) is 7.33. The highest BCUT2D eigenvalue weighted by Gasteiger charge is 2.23. The molecule has 2 N–H and O–H groups in total. The number of nitrogens with one attached hydrogen (secondary N) is 1. The van der Waals surface area contributed by atoms with Crippen molar-refractivity contribution in [2.45, 2.75) is 32.8 Å². The van der Waals surface area contributed by atoms with Crippen LogP contribution in [0.4, 0.5) is 4.79 Å². The summed E-state index contributed by atoms with van der Waals surface area (Å²) in [7, 11) is 0. The zero-order valence-corrected chi connectivity index (χ0v) is 13.4. The van der Waals surface area contributed by atoms with E-state index in [-0.39, 0.29) is 19.8 Å². The Morgan fingerprint density at radius 3 is 2.65 bits per heavy atom. The van der Waals surface area contributed by atoms with Crippen LogP contribution in [0.1, 0.15) is 26.3 Å². The summed E-state index contributed by atoms with van der Waals surface area (Å²) in [6.07, 6.45) is -0.365. The van der Waals surface area contributed by atoms with E-state index in [9.17, 15) is 14.7 Å². The number of carboxylic acid groups (broad SMARTS) is 1. The van der Waals surface area contributed by atoms with Gasteiger partial charge in [0.2, 0.25) is 6.79 Å². The van der Waals surface area contributed by atoms with Crippen LogP contribution in [0.15, 0.2) is 18.2 Å². The van der Waals surface area contributed by atoms with E-state index in [1.807, 2.05) is 0 Å². The van der Waals surface area contributed by atoms with Crippen LogP contribution < -0.4 is 14.8 Å². The Labute approximate surface area is 134 Å². The fourth-order valence-corrected chi connectivity index (χ4v) is 2.12. The molecule has 126 valence electrons. The molecule has 1 aromatic rings. The number of benzene rings is 1. The van der Waals surface area contributed by atoms with Crippen molar-refractivity contribution in [3.05, 3.63) is 23.8 Å². The molecule has 0 aromatic heterocycles. The van der Waals surface area contributed by atoms with E-state index < -0.39 is 23.6 Å². The third-order valence-corrected chi connectivity index (χ3v) is 3.16. The Balaban J connectivity index is 1.94. The molecule has 1 amide bonds. The van der Waals surface area contributed by atoms with Crippen LogP contribution >= 0.6 is 0 Å². The molecule has 7 heteroatoms. The third kappa shape index (κ3) is 5.05. The number of carbonyl (C=O) groups is 2. The molecule has 1 atom stereocenters. The van der Waals surface area contributed by atoms with Crippen LogP contribution in [0.2, 0.25) is 0 Å². The summed E-state index contributed by atoms with van der Waals surface area (Å²) in [5.41, 5.74) is 0.174. The molecule has 0 aliphatic carbocycles. The van der Waals surface area contributed by atoms with E-state index in [0.29, 0.717) is 11.5 Å². The summed E-state index contributed by atoms with van der Waals surface area (Å²) in [6.45, 7) is 5.38. The zero-order chi connectivity index (χ0) is 17.0. The normalized spacial score (nSPS) is 14.2. The maximum absolute atomic E-state index is 11.6. The minimum absolute atomic E-state index is 0.0152. The zero-order valence-electron chi connectivity index (χ0n) is 13.4. The molecule has 23 heavy (non-hydrogen) atoms. The van der Waals surface area contributed by atoms with Crippen LogP contribution in [-0.2, 0) is 16.0 Å². The summed E-state index contributed by atoms with van der Waals surface area (Å²) < 4.78 is 15.6. The standard InChI is InChI=1S/C16H21NO6/c1-16(2,3)23-15(20)17-8-11(14(18)19)6-10-4-5-12-13(7-10)22-9-21-12/h4-5,7,11H,6,8-9H2,1-3H3,(H,17,20)(H,18,19). The number of fused-ring (bicyclic) bond motifs is 1. The minimum Gasteiger partial charge on any atom is -0.481 e. The maximum Gasteiger partial charge on any atom is 0.407 e. The lowest BCUT2D eigenvalue weighted by Crippen LogP contribution is -2.37. The lowest BCUT2D eigenvalue weighted by molar-refractivity contribution is -0.141. The minimum atomic E-state index is -0.987. The number of ether oxygens (including phenoxy) is 3. The van der Waals surface area contributed by atoms with Gasteiger partial charge >= 0.3 is 12.1 Å². The quantitative estimate of drug-likeness (QED) is 0.862. The molecule has 0 saturated heterocycles. The van der Waals surface area contributed by atoms with Gasteiger partial charge in [0.05, 0.1) is 5.92 Å². The maximum atomic E-state index is 11.6. The number of rotatable bonds is 5. The summed E-state index contributed by atoms with van der Waals surface area (Å²) in [6, 6.07) is 5.29. The van der Waals surface area contributed by atoms with E-state index in [0.717, 1.165) is 5.56 Å². The second-order valence-corrected chi connectivity index (χ2v) is 6.31. The Kier molecular flexibility index (Phi) is 4.98. The molecule has 1 heterocycles. The van der Waals surface area contributed by atoms with Gasteiger partial charge in [0, 0.05) is 6.54 Å². The topological polar surface area (TPSA) is 94.1 Å². The number of hydrogen-bond acceptors (Lipinski definition) is 5. The Hall–Kier alpha value is -2.44. The first-order chi connectivity index (χ1) is 10.7. The van der Waals surface area contributed by atoms with Crippen LogP contribution in [-0.4, -0.2) is 36.1 Å². The van der Waals surface area contributed by atoms with Gasteiger partial charge in [-0.2, -0.15) is 0 Å². The Morgan fingerprint density at radius 1 is 1.30 bits per heavy atom. The molecule has 2 rings (SSSR count). The van der Waals surface area contributed by atoms with Gasteiger partial charge in [-0.3, -0.25) is 4.79 Å². The van der Waals surface area contributed by atoms with Crippen molar-refractivity contribution in [3.8, 4) is 11.5 Å². The van der Waals surface area contributed by atoms with E-state index in [1.165, 1.54) is 0 Å². The molecule has 1 aliphatic heterocycles. The van der Waals surface area contributed by atoms with Crippen molar-refractivity contribution in [1.82, 2.24) is 5.32 Å². The van der Waals surface area contributed by atoms with Crippen molar-refractivity contribution in [2.75, 3.05) is 13.3 Å². The SMILES string of the molecule is CC(C)(C)OC(=O)NCC(Cc1ccc2c(c1)OCO2)C(=O)O. The van der Waals surface area contributed by atoms with Gasteiger partial charge in [-0.15, -0.1) is 0 Å². The predicted molar refractivity (Wildman–Crippen MR) is 81.6 cm³/mol. The molecule has 1 aromatic carbocycles. The van der Waals surface area contributed by atoms with Gasteiger partial charge in [-0.25, -0.2) is 4.79 Å². The van der Waals surface area contributed by atoms with Crippen LogP contribution in [0, 0.1) is 5.92 Å². The van der Waals surface area contributed by atoms with Crippen molar-refractivity contribution >= 4 is 12.1 Å². The molecule has 0 fully saturated rings. The molecule has 0 radical (unpaired) electrons. The summed E-state index contributed by atoms with van der Waals surface area (Å²) in [5.74, 6) is -0.499. The Bertz CT molecular complexity index is 593. The molecule has 1 aliphatic rings.